The van der Waals surface area contributed by atoms with Gasteiger partial charge in [0.25, 0.3) is 0 Å². The Morgan fingerprint density at radius 1 is 1.09 bits per heavy atom. The van der Waals surface area contributed by atoms with Gasteiger partial charge in [-0.05, 0) is 61.6 Å². The largest absolute Gasteiger partial charge is 0.497 e. The lowest BCUT2D eigenvalue weighted by atomic mass is 10.2. The fourth-order valence-electron chi connectivity index (χ4n) is 3.18. The molecule has 9 heteroatoms. The van der Waals surface area contributed by atoms with E-state index in [1.165, 1.54) is 11.8 Å². The van der Waals surface area contributed by atoms with Crippen LogP contribution in [-0.4, -0.2) is 39.8 Å². The van der Waals surface area contributed by atoms with Crippen molar-refractivity contribution in [2.24, 2.45) is 5.92 Å². The number of carbonyl (C=O) groups excluding carboxylic acids is 1. The summed E-state index contributed by atoms with van der Waals surface area (Å²) in [7, 11) is 1.63. The molecule has 0 saturated heterocycles. The van der Waals surface area contributed by atoms with Gasteiger partial charge < -0.3 is 19.4 Å². The van der Waals surface area contributed by atoms with Gasteiger partial charge in [0.1, 0.15) is 11.5 Å². The molecule has 176 valence electrons. The van der Waals surface area contributed by atoms with Gasteiger partial charge in [0.15, 0.2) is 17.1 Å². The van der Waals surface area contributed by atoms with Crippen molar-refractivity contribution in [1.82, 2.24) is 14.8 Å². The molecule has 1 atom stereocenters. The highest BCUT2D eigenvalue weighted by molar-refractivity contribution is 7.99. The molecule has 2 aromatic carbocycles. The van der Waals surface area contributed by atoms with Crippen LogP contribution in [0.25, 0.3) is 0 Å². The zero-order valence-electron chi connectivity index (χ0n) is 19.6. The van der Waals surface area contributed by atoms with Crippen LogP contribution in [0.5, 0.6) is 11.5 Å². The number of benzene rings is 2. The molecule has 7 nitrogen and oxygen atoms in total. The number of carbonyl (C=O) groups is 1. The molecule has 0 fully saturated rings. The molecule has 3 rings (SSSR count). The second kappa shape index (κ2) is 12.0. The first-order valence-corrected chi connectivity index (χ1v) is 12.9. The number of nitrogens with zero attached hydrogens (tertiary/aromatic N) is 3. The third-order valence-corrected chi connectivity index (χ3v) is 6.41. The number of hydrogen-bond acceptors (Lipinski definition) is 7. The van der Waals surface area contributed by atoms with Gasteiger partial charge in [-0.15, -0.1) is 22.0 Å². The van der Waals surface area contributed by atoms with Crippen LogP contribution in [0.15, 0.2) is 58.6 Å². The lowest BCUT2D eigenvalue weighted by molar-refractivity contribution is -0.113. The van der Waals surface area contributed by atoms with Crippen LogP contribution in [0.4, 0.5) is 5.69 Å². The maximum absolute atomic E-state index is 12.5. The summed E-state index contributed by atoms with van der Waals surface area (Å²) in [6, 6.07) is 15.2. The first-order valence-electron chi connectivity index (χ1n) is 10.7. The van der Waals surface area contributed by atoms with Crippen molar-refractivity contribution in [1.29, 1.82) is 0 Å². The Kier molecular flexibility index (Phi) is 9.08. The minimum atomic E-state index is -0.304. The third kappa shape index (κ3) is 7.17. The van der Waals surface area contributed by atoms with E-state index in [0.717, 1.165) is 34.5 Å². The molecule has 0 bridgehead atoms. The van der Waals surface area contributed by atoms with Crippen molar-refractivity contribution in [2.75, 3.05) is 24.4 Å². The summed E-state index contributed by atoms with van der Waals surface area (Å²) in [6.45, 7) is 6.96. The Balaban J connectivity index is 1.68. The van der Waals surface area contributed by atoms with E-state index in [9.17, 15) is 4.79 Å². The van der Waals surface area contributed by atoms with Crippen molar-refractivity contribution in [3.8, 4) is 11.5 Å². The second-order valence-electron chi connectivity index (χ2n) is 7.85. The maximum Gasteiger partial charge on any atom is 0.234 e. The molecular formula is C24H30N4O3S2. The predicted octanol–water partition coefficient (Wildman–Crippen LogP) is 5.54. The van der Waals surface area contributed by atoms with Gasteiger partial charge in [-0.2, -0.15) is 0 Å². The molecule has 0 radical (unpaired) electrons. The van der Waals surface area contributed by atoms with Crippen LogP contribution in [0.1, 0.15) is 32.7 Å². The summed E-state index contributed by atoms with van der Waals surface area (Å²) >= 11 is 3.02. The maximum atomic E-state index is 12.5. The fourth-order valence-corrected chi connectivity index (χ4v) is 4.40. The van der Waals surface area contributed by atoms with E-state index in [1.807, 2.05) is 66.3 Å². The van der Waals surface area contributed by atoms with E-state index < -0.39 is 0 Å². The van der Waals surface area contributed by atoms with Gasteiger partial charge in [0.05, 0.1) is 12.9 Å². The third-order valence-electron chi connectivity index (χ3n) is 4.71. The molecule has 1 unspecified atom stereocenters. The molecule has 33 heavy (non-hydrogen) atoms. The van der Waals surface area contributed by atoms with Crippen LogP contribution >= 0.6 is 23.5 Å². The summed E-state index contributed by atoms with van der Waals surface area (Å²) < 4.78 is 13.3. The first kappa shape index (κ1) is 25.0. The Morgan fingerprint density at radius 2 is 1.82 bits per heavy atom. The van der Waals surface area contributed by atoms with Crippen molar-refractivity contribution in [3.05, 3.63) is 54.4 Å². The molecule has 1 heterocycles. The predicted molar refractivity (Wildman–Crippen MR) is 134 cm³/mol. The highest BCUT2D eigenvalue weighted by Gasteiger charge is 2.21. The smallest absolute Gasteiger partial charge is 0.234 e. The van der Waals surface area contributed by atoms with Gasteiger partial charge >= 0.3 is 0 Å². The van der Waals surface area contributed by atoms with E-state index in [1.54, 1.807) is 18.9 Å². The summed E-state index contributed by atoms with van der Waals surface area (Å²) in [5.74, 6) is 2.78. The quantitative estimate of drug-likeness (QED) is 0.357. The number of nitrogens with one attached hydrogen (secondary N) is 1. The molecule has 0 aliphatic rings. The first-order chi connectivity index (χ1) is 15.9. The van der Waals surface area contributed by atoms with Crippen molar-refractivity contribution < 1.29 is 14.3 Å². The van der Waals surface area contributed by atoms with E-state index in [0.29, 0.717) is 11.1 Å². The van der Waals surface area contributed by atoms with Crippen molar-refractivity contribution >= 4 is 35.1 Å². The van der Waals surface area contributed by atoms with Gasteiger partial charge in [-0.1, -0.05) is 31.7 Å². The standard InChI is InChI=1S/C24H30N4O3S2/c1-16(2)14-28-23(17(3)31-20-11-9-19(30-4)10-12-20)26-27-24(28)33-15-22(29)25-18-7-6-8-21(13-18)32-5/h6-13,16-17H,14-15H2,1-5H3,(H,25,29). The second-order valence-corrected chi connectivity index (χ2v) is 9.67. The summed E-state index contributed by atoms with van der Waals surface area (Å²) in [5, 5.41) is 12.4. The zero-order chi connectivity index (χ0) is 23.8. The van der Waals surface area contributed by atoms with Crippen LogP contribution in [0.3, 0.4) is 0 Å². The topological polar surface area (TPSA) is 78.3 Å². The van der Waals surface area contributed by atoms with E-state index in [2.05, 4.69) is 29.4 Å². The molecule has 1 N–H and O–H groups in total. The Labute approximate surface area is 203 Å². The molecular weight excluding hydrogens is 456 g/mol. The van der Waals surface area contributed by atoms with Gasteiger partial charge in [0, 0.05) is 17.1 Å². The molecule has 0 saturated carbocycles. The number of thioether (sulfide) groups is 2. The molecule has 1 aromatic heterocycles. The number of anilines is 1. The van der Waals surface area contributed by atoms with Crippen LogP contribution in [0, 0.1) is 5.92 Å². The lowest BCUT2D eigenvalue weighted by Crippen LogP contribution is -2.17. The molecule has 0 spiro atoms. The van der Waals surface area contributed by atoms with Crippen LogP contribution in [0.2, 0.25) is 0 Å². The summed E-state index contributed by atoms with van der Waals surface area (Å²) in [5.41, 5.74) is 0.790. The van der Waals surface area contributed by atoms with E-state index in [-0.39, 0.29) is 17.8 Å². The number of amides is 1. The van der Waals surface area contributed by atoms with Crippen molar-refractivity contribution in [2.45, 2.75) is 43.5 Å². The number of methoxy groups -OCH3 is 1. The highest BCUT2D eigenvalue weighted by Crippen LogP contribution is 2.27. The van der Waals surface area contributed by atoms with Gasteiger partial charge in [0.2, 0.25) is 5.91 Å². The number of rotatable bonds is 11. The molecule has 1 amide bonds. The number of aromatic nitrogens is 3. The Bertz CT molecular complexity index is 1050. The average Bonchev–Trinajstić information content (AvgIpc) is 3.20. The minimum Gasteiger partial charge on any atom is -0.497 e. The fraction of sp³-hybridized carbons (Fsp3) is 0.375. The SMILES string of the molecule is COc1ccc(OC(C)c2nnc(SCC(=O)Nc3cccc(SC)c3)n2CC(C)C)cc1. The minimum absolute atomic E-state index is 0.0820. The Morgan fingerprint density at radius 3 is 2.48 bits per heavy atom. The van der Waals surface area contributed by atoms with E-state index in [4.69, 9.17) is 9.47 Å². The normalized spacial score (nSPS) is 11.9. The lowest BCUT2D eigenvalue weighted by Gasteiger charge is -2.18. The zero-order valence-corrected chi connectivity index (χ0v) is 21.2. The van der Waals surface area contributed by atoms with Crippen LogP contribution in [-0.2, 0) is 11.3 Å². The van der Waals surface area contributed by atoms with Crippen LogP contribution < -0.4 is 14.8 Å². The molecule has 3 aromatic rings. The Hall–Kier alpha value is -2.65. The average molecular weight is 487 g/mol. The summed E-state index contributed by atoms with van der Waals surface area (Å²) in [6.07, 6.45) is 1.71. The monoisotopic (exact) mass is 486 g/mol. The van der Waals surface area contributed by atoms with Crippen molar-refractivity contribution in [3.63, 3.8) is 0 Å². The van der Waals surface area contributed by atoms with E-state index >= 15 is 0 Å². The molecule has 0 aliphatic heterocycles. The highest BCUT2D eigenvalue weighted by atomic mass is 32.2. The number of hydrogen-bond donors (Lipinski definition) is 1. The van der Waals surface area contributed by atoms with Gasteiger partial charge in [-0.3, -0.25) is 4.79 Å². The summed E-state index contributed by atoms with van der Waals surface area (Å²) in [4.78, 5) is 13.6. The van der Waals surface area contributed by atoms with Gasteiger partial charge in [-0.25, -0.2) is 0 Å². The number of ether oxygens (including phenoxy) is 2. The molecule has 0 aliphatic carbocycles.